The second kappa shape index (κ2) is 9.12. The maximum absolute atomic E-state index is 12.4. The first kappa shape index (κ1) is 20.8. The molecule has 0 bridgehead atoms. The summed E-state index contributed by atoms with van der Waals surface area (Å²) in [6.07, 6.45) is 9.41. The molecule has 2 saturated carbocycles. The minimum atomic E-state index is -0.148. The summed E-state index contributed by atoms with van der Waals surface area (Å²) in [7, 11) is 1.64. The lowest BCUT2D eigenvalue weighted by Crippen LogP contribution is -2.37. The Bertz CT molecular complexity index is 944. The van der Waals surface area contributed by atoms with Crippen LogP contribution in [0, 0.1) is 17.8 Å². The fourth-order valence-electron chi connectivity index (χ4n) is 4.18. The van der Waals surface area contributed by atoms with Gasteiger partial charge in [0.15, 0.2) is 0 Å². The lowest BCUT2D eigenvalue weighted by molar-refractivity contribution is -0.123. The van der Waals surface area contributed by atoms with Gasteiger partial charge in [0.1, 0.15) is 5.01 Å². The number of hydrogen-bond acceptors (Lipinski definition) is 5. The molecule has 0 aromatic carbocycles. The van der Waals surface area contributed by atoms with Gasteiger partial charge in [0.05, 0.1) is 11.6 Å². The van der Waals surface area contributed by atoms with Gasteiger partial charge >= 0.3 is 0 Å². The van der Waals surface area contributed by atoms with Crippen molar-refractivity contribution < 1.29 is 9.59 Å². The molecule has 2 aliphatic carbocycles. The molecule has 1 unspecified atom stereocenters. The van der Waals surface area contributed by atoms with Gasteiger partial charge in [0, 0.05) is 43.4 Å². The zero-order valence-corrected chi connectivity index (χ0v) is 18.0. The van der Waals surface area contributed by atoms with Crippen molar-refractivity contribution >= 4 is 23.2 Å². The summed E-state index contributed by atoms with van der Waals surface area (Å²) in [5.41, 5.74) is 0.367. The number of hydrogen-bond donors (Lipinski definition) is 2. The minimum Gasteiger partial charge on any atom is -0.352 e. The van der Waals surface area contributed by atoms with Crippen molar-refractivity contribution in [1.29, 1.82) is 0 Å². The molecule has 0 radical (unpaired) electrons. The average molecular weight is 429 g/mol. The van der Waals surface area contributed by atoms with Gasteiger partial charge in [0.2, 0.25) is 11.5 Å². The number of aromatic nitrogens is 2. The Labute approximate surface area is 179 Å². The van der Waals surface area contributed by atoms with Crippen molar-refractivity contribution in [3.8, 4) is 0 Å². The molecule has 1 atom stereocenters. The number of pyridine rings is 1. The number of carbonyl (C=O) groups is 2. The topological polar surface area (TPSA) is 93.1 Å². The molecule has 2 aromatic rings. The van der Waals surface area contributed by atoms with Crippen LogP contribution in [-0.2, 0) is 11.8 Å². The number of rotatable bonds is 7. The third-order valence-corrected chi connectivity index (χ3v) is 7.08. The molecule has 8 heteroatoms. The van der Waals surface area contributed by atoms with Gasteiger partial charge in [-0.2, -0.15) is 0 Å². The number of aryl methyl sites for hydroxylation is 1. The lowest BCUT2D eigenvalue weighted by Gasteiger charge is -2.33. The van der Waals surface area contributed by atoms with Gasteiger partial charge < -0.3 is 15.2 Å². The van der Waals surface area contributed by atoms with Crippen molar-refractivity contribution in [2.75, 3.05) is 6.54 Å². The highest BCUT2D eigenvalue weighted by atomic mass is 32.1. The van der Waals surface area contributed by atoms with Gasteiger partial charge in [0.25, 0.3) is 5.91 Å². The Balaban J connectivity index is 1.29. The van der Waals surface area contributed by atoms with E-state index in [9.17, 15) is 14.4 Å². The molecular weight excluding hydrogens is 400 g/mol. The lowest BCUT2D eigenvalue weighted by atomic mass is 9.78. The van der Waals surface area contributed by atoms with Crippen LogP contribution in [0.4, 0.5) is 0 Å². The van der Waals surface area contributed by atoms with E-state index in [-0.39, 0.29) is 29.3 Å². The summed E-state index contributed by atoms with van der Waals surface area (Å²) in [5.74, 6) is 1.02. The molecule has 160 valence electrons. The summed E-state index contributed by atoms with van der Waals surface area (Å²) < 4.78 is 1.41. The van der Waals surface area contributed by atoms with Crippen molar-refractivity contribution in [2.45, 2.75) is 44.6 Å². The Morgan fingerprint density at radius 3 is 2.60 bits per heavy atom. The minimum absolute atomic E-state index is 0.000697. The van der Waals surface area contributed by atoms with Gasteiger partial charge in [-0.05, 0) is 56.4 Å². The number of carbonyl (C=O) groups excluding carboxylic acids is 2. The van der Waals surface area contributed by atoms with E-state index in [0.717, 1.165) is 43.5 Å². The summed E-state index contributed by atoms with van der Waals surface area (Å²) >= 11 is 1.61. The van der Waals surface area contributed by atoms with E-state index in [0.29, 0.717) is 23.9 Å². The smallest absolute Gasteiger partial charge is 0.252 e. The van der Waals surface area contributed by atoms with E-state index in [1.807, 2.05) is 5.38 Å². The van der Waals surface area contributed by atoms with Crippen LogP contribution >= 0.6 is 11.3 Å². The molecule has 30 heavy (non-hydrogen) atoms. The largest absolute Gasteiger partial charge is 0.352 e. The number of nitrogens with one attached hydrogen (secondary N) is 2. The van der Waals surface area contributed by atoms with Crippen LogP contribution in [0.15, 0.2) is 34.7 Å². The van der Waals surface area contributed by atoms with Crippen LogP contribution in [0.2, 0.25) is 0 Å². The van der Waals surface area contributed by atoms with Gasteiger partial charge in [-0.15, -0.1) is 11.3 Å². The molecule has 2 aromatic heterocycles. The average Bonchev–Trinajstić information content (AvgIpc) is 3.47. The fraction of sp³-hybridized carbons (Fsp3) is 0.545. The van der Waals surface area contributed by atoms with Gasteiger partial charge in [-0.1, -0.05) is 0 Å². The summed E-state index contributed by atoms with van der Waals surface area (Å²) in [6, 6.07) is 2.98. The number of amides is 2. The Morgan fingerprint density at radius 2 is 1.97 bits per heavy atom. The van der Waals surface area contributed by atoms with Crippen LogP contribution in [0.5, 0.6) is 0 Å². The molecule has 0 spiro atoms. The normalized spacial score (nSPS) is 22.3. The predicted molar refractivity (Wildman–Crippen MR) is 115 cm³/mol. The first-order valence-corrected chi connectivity index (χ1v) is 11.5. The molecule has 0 aliphatic heterocycles. The van der Waals surface area contributed by atoms with E-state index in [4.69, 9.17) is 0 Å². The van der Waals surface area contributed by atoms with Crippen LogP contribution in [0.1, 0.15) is 59.9 Å². The van der Waals surface area contributed by atoms with Crippen molar-refractivity contribution in [2.24, 2.45) is 24.8 Å². The molecule has 7 nitrogen and oxygen atoms in total. The van der Waals surface area contributed by atoms with Gasteiger partial charge in [-0.25, -0.2) is 4.98 Å². The highest BCUT2D eigenvalue weighted by molar-refractivity contribution is 7.09. The molecule has 2 fully saturated rings. The summed E-state index contributed by atoms with van der Waals surface area (Å²) in [4.78, 5) is 40.7. The SMILES string of the molecule is Cn1cc(C(=O)NCC2CCC(C(NC(=O)C3CC3)c3nccs3)CC2)ccc1=O. The summed E-state index contributed by atoms with van der Waals surface area (Å²) in [5, 5.41) is 9.23. The van der Waals surface area contributed by atoms with E-state index >= 15 is 0 Å². The van der Waals surface area contributed by atoms with Crippen molar-refractivity contribution in [3.63, 3.8) is 0 Å². The maximum Gasteiger partial charge on any atom is 0.252 e. The highest BCUT2D eigenvalue weighted by Crippen LogP contribution is 2.38. The summed E-state index contributed by atoms with van der Waals surface area (Å²) in [6.45, 7) is 0.630. The third-order valence-electron chi connectivity index (χ3n) is 6.23. The van der Waals surface area contributed by atoms with Crippen LogP contribution < -0.4 is 16.2 Å². The van der Waals surface area contributed by atoms with Crippen LogP contribution in [-0.4, -0.2) is 27.9 Å². The first-order valence-electron chi connectivity index (χ1n) is 10.7. The monoisotopic (exact) mass is 428 g/mol. The second-order valence-corrected chi connectivity index (χ2v) is 9.41. The Kier molecular flexibility index (Phi) is 6.32. The Morgan fingerprint density at radius 1 is 1.20 bits per heavy atom. The van der Waals surface area contributed by atoms with Crippen LogP contribution in [0.25, 0.3) is 0 Å². The fourth-order valence-corrected chi connectivity index (χ4v) is 4.96. The zero-order chi connectivity index (χ0) is 21.1. The van der Waals surface area contributed by atoms with E-state index in [1.54, 1.807) is 36.8 Å². The maximum atomic E-state index is 12.4. The van der Waals surface area contributed by atoms with Crippen molar-refractivity contribution in [3.05, 3.63) is 50.8 Å². The molecular formula is C22H28N4O3S. The molecule has 2 amide bonds. The van der Waals surface area contributed by atoms with E-state index < -0.39 is 0 Å². The second-order valence-electron chi connectivity index (χ2n) is 8.49. The van der Waals surface area contributed by atoms with Crippen molar-refractivity contribution in [1.82, 2.24) is 20.2 Å². The standard InChI is InChI=1S/C22H28N4O3S/c1-26-13-17(8-9-18(26)27)20(28)24-12-14-2-4-15(5-3-14)19(22-23-10-11-30-22)25-21(29)16-6-7-16/h8-11,13-16,19H,2-7,12H2,1H3,(H,24,28)(H,25,29). The first-order chi connectivity index (χ1) is 14.5. The molecule has 2 aliphatic rings. The highest BCUT2D eigenvalue weighted by Gasteiger charge is 2.35. The number of nitrogens with zero attached hydrogens (tertiary/aromatic N) is 2. The van der Waals surface area contributed by atoms with Gasteiger partial charge in [-0.3, -0.25) is 14.4 Å². The molecule has 4 rings (SSSR count). The van der Waals surface area contributed by atoms with Crippen LogP contribution in [0.3, 0.4) is 0 Å². The number of thiazole rings is 1. The molecule has 0 saturated heterocycles. The predicted octanol–water partition coefficient (Wildman–Crippen LogP) is 2.65. The zero-order valence-electron chi connectivity index (χ0n) is 17.2. The quantitative estimate of drug-likeness (QED) is 0.709. The Hall–Kier alpha value is -2.48. The molecule has 2 N–H and O–H groups in total. The van der Waals surface area contributed by atoms with E-state index in [2.05, 4.69) is 15.6 Å². The third kappa shape index (κ3) is 4.98. The van der Waals surface area contributed by atoms with E-state index in [1.165, 1.54) is 10.6 Å². The molecule has 2 heterocycles.